The van der Waals surface area contributed by atoms with Crippen molar-refractivity contribution in [2.45, 2.75) is 24.7 Å². The predicted molar refractivity (Wildman–Crippen MR) is 209 cm³/mol. The smallest absolute Gasteiger partial charge is 0.260 e. The van der Waals surface area contributed by atoms with Gasteiger partial charge in [0.15, 0.2) is 23.1 Å². The highest BCUT2D eigenvalue weighted by molar-refractivity contribution is 14.1. The van der Waals surface area contributed by atoms with Crippen LogP contribution in [0.1, 0.15) is 71.1 Å². The summed E-state index contributed by atoms with van der Waals surface area (Å²) in [6, 6.07) is 9.44. The Morgan fingerprint density at radius 2 is 1.67 bits per heavy atom. The third-order valence-corrected chi connectivity index (χ3v) is 12.4. The van der Waals surface area contributed by atoms with E-state index >= 15 is 0 Å². The predicted octanol–water partition coefficient (Wildman–Crippen LogP) is 4.64. The van der Waals surface area contributed by atoms with Gasteiger partial charge in [-0.1, -0.05) is 22.8 Å². The third-order valence-electron chi connectivity index (χ3n) is 10.9. The summed E-state index contributed by atoms with van der Waals surface area (Å²) < 4.78 is 5.45. The standard InChI is InChI=1S/C39H32ClIN4O10/c1-54-24-16-23(46)26-27(32(24)47)34(49)29-28(33(26)48)36(51)39(37(29)52)7-6-21-30(39)35(50)25-22(31(21)41)15-19(43-38(25)53)17-42-55-13-3-8-44-9-11-45(12-10-44)20-5-2-4-18(40)14-20/h2,4-5,14-17,48-50H,3,6-13H2,1H3,(H,43,53)/t39-/m0/s1. The molecule has 4 aliphatic rings. The zero-order valence-corrected chi connectivity index (χ0v) is 32.1. The number of phenolic OH excluding ortho intramolecular Hbond substituents is 3. The molecule has 14 nitrogen and oxygen atoms in total. The number of fused-ring (bicyclic) bond motifs is 5. The van der Waals surface area contributed by atoms with Crippen molar-refractivity contribution in [3.05, 3.63) is 100 Å². The monoisotopic (exact) mass is 878 g/mol. The first-order valence-corrected chi connectivity index (χ1v) is 18.9. The van der Waals surface area contributed by atoms with Crippen molar-refractivity contribution in [2.75, 3.05) is 51.3 Å². The van der Waals surface area contributed by atoms with Gasteiger partial charge in [0.25, 0.3) is 5.56 Å². The number of pyridine rings is 1. The Morgan fingerprint density at radius 3 is 2.36 bits per heavy atom. The summed E-state index contributed by atoms with van der Waals surface area (Å²) in [4.78, 5) is 81.0. The molecule has 0 saturated carbocycles. The minimum Gasteiger partial charge on any atom is -0.507 e. The number of halogens is 2. The van der Waals surface area contributed by atoms with Gasteiger partial charge in [-0.05, 0) is 71.7 Å². The van der Waals surface area contributed by atoms with E-state index in [1.807, 2.05) is 40.8 Å². The Labute approximate surface area is 331 Å². The number of nitrogens with one attached hydrogen (secondary N) is 1. The van der Waals surface area contributed by atoms with E-state index < -0.39 is 79.4 Å². The lowest BCUT2D eigenvalue weighted by Crippen LogP contribution is -2.46. The number of Topliss-reactive ketones (excluding diaryl/α,β-unsaturated/α-hetero) is 3. The maximum Gasteiger partial charge on any atom is 0.260 e. The second-order valence-electron chi connectivity index (χ2n) is 13.8. The van der Waals surface area contributed by atoms with Gasteiger partial charge < -0.3 is 34.8 Å². The van der Waals surface area contributed by atoms with Gasteiger partial charge in [0.05, 0.1) is 46.7 Å². The number of aromatic amines is 1. The molecule has 0 bridgehead atoms. The highest BCUT2D eigenvalue weighted by Crippen LogP contribution is 2.58. The number of ketones is 4. The average Bonchev–Trinajstić information content (AvgIpc) is 3.68. The molecule has 3 aromatic carbocycles. The van der Waals surface area contributed by atoms with E-state index in [-0.39, 0.29) is 23.8 Å². The molecule has 0 unspecified atom stereocenters. The fraction of sp³-hybridized carbons (Fsp3) is 0.282. The molecule has 1 spiro atoms. The van der Waals surface area contributed by atoms with Crippen LogP contribution in [0, 0.1) is 3.57 Å². The van der Waals surface area contributed by atoms with Gasteiger partial charge in [-0.15, -0.1) is 0 Å². The number of anilines is 1. The number of oxime groups is 1. The van der Waals surface area contributed by atoms with Gasteiger partial charge in [0, 0.05) is 64.0 Å². The molecule has 0 radical (unpaired) electrons. The number of hydrogen-bond acceptors (Lipinski definition) is 13. The molecule has 2 heterocycles. The quantitative estimate of drug-likeness (QED) is 0.0479. The molecule has 1 aliphatic heterocycles. The normalized spacial score (nSPS) is 19.4. The molecule has 4 aromatic rings. The first-order valence-electron chi connectivity index (χ1n) is 17.4. The average molecular weight is 879 g/mol. The van der Waals surface area contributed by atoms with E-state index in [0.29, 0.717) is 31.8 Å². The van der Waals surface area contributed by atoms with E-state index in [2.05, 4.69) is 26.0 Å². The number of carbonyl (C=O) groups is 4. The molecular formula is C39H32ClIN4O10. The van der Waals surface area contributed by atoms with Gasteiger partial charge in [-0.3, -0.25) is 28.9 Å². The van der Waals surface area contributed by atoms with Crippen LogP contribution < -0.4 is 10.5 Å². The number of allylic oxidation sites excluding steroid dienone is 2. The fourth-order valence-electron chi connectivity index (χ4n) is 8.27. The summed E-state index contributed by atoms with van der Waals surface area (Å²) in [6.45, 7) is 4.77. The van der Waals surface area contributed by atoms with Crippen LogP contribution in [0.5, 0.6) is 17.2 Å². The number of benzene rings is 3. The molecule has 1 saturated heterocycles. The highest BCUT2D eigenvalue weighted by atomic mass is 127. The van der Waals surface area contributed by atoms with Crippen molar-refractivity contribution >= 4 is 80.0 Å². The third kappa shape index (κ3) is 5.61. The topological polar surface area (TPSA) is 199 Å². The number of nitrogens with zero attached hydrogens (tertiary/aromatic N) is 3. The highest BCUT2D eigenvalue weighted by Gasteiger charge is 2.62. The Hall–Kier alpha value is -5.26. The van der Waals surface area contributed by atoms with Crippen molar-refractivity contribution in [3.8, 4) is 17.2 Å². The largest absolute Gasteiger partial charge is 0.507 e. The molecule has 55 heavy (non-hydrogen) atoms. The summed E-state index contributed by atoms with van der Waals surface area (Å²) in [5.41, 5.74) is -3.71. The number of H-pyrrole nitrogens is 1. The summed E-state index contributed by atoms with van der Waals surface area (Å²) in [6.07, 6.45) is 2.86. The number of ether oxygens (including phenoxy) is 1. The number of rotatable bonds is 8. The van der Waals surface area contributed by atoms with E-state index in [0.717, 1.165) is 58.0 Å². The maximum atomic E-state index is 14.3. The molecule has 3 aliphatic carbocycles. The number of phenols is 3. The zero-order chi connectivity index (χ0) is 38.9. The molecule has 8 rings (SSSR count). The summed E-state index contributed by atoms with van der Waals surface area (Å²) in [5.74, 6) is -6.71. The first-order chi connectivity index (χ1) is 26.4. The minimum atomic E-state index is -2.14. The Morgan fingerprint density at radius 1 is 0.964 bits per heavy atom. The fourth-order valence-corrected chi connectivity index (χ4v) is 9.42. The van der Waals surface area contributed by atoms with E-state index in [9.17, 15) is 39.3 Å². The van der Waals surface area contributed by atoms with Gasteiger partial charge in [-0.25, -0.2) is 0 Å². The second kappa shape index (κ2) is 13.8. The Kier molecular flexibility index (Phi) is 9.20. The molecule has 0 amide bonds. The van der Waals surface area contributed by atoms with Crippen LogP contribution in [0.3, 0.4) is 0 Å². The number of methoxy groups -OCH3 is 1. The summed E-state index contributed by atoms with van der Waals surface area (Å²) >= 11 is 8.14. The van der Waals surface area contributed by atoms with Crippen LogP contribution in [0.2, 0.25) is 5.02 Å². The lowest BCUT2D eigenvalue weighted by molar-refractivity contribution is 0.0790. The van der Waals surface area contributed by atoms with Gasteiger partial charge in [-0.2, -0.15) is 0 Å². The van der Waals surface area contributed by atoms with Crippen LogP contribution in [0.4, 0.5) is 5.69 Å². The first kappa shape index (κ1) is 36.7. The number of aromatic nitrogens is 1. The van der Waals surface area contributed by atoms with Crippen LogP contribution in [-0.2, 0) is 21.4 Å². The van der Waals surface area contributed by atoms with Crippen LogP contribution in [0.25, 0.3) is 10.8 Å². The van der Waals surface area contributed by atoms with Crippen molar-refractivity contribution in [1.82, 2.24) is 9.88 Å². The molecule has 1 aromatic heterocycles. The molecule has 1 fully saturated rings. The molecule has 282 valence electrons. The molecule has 16 heteroatoms. The van der Waals surface area contributed by atoms with Gasteiger partial charge >= 0.3 is 0 Å². The van der Waals surface area contributed by atoms with Crippen molar-refractivity contribution in [3.63, 3.8) is 0 Å². The van der Waals surface area contributed by atoms with E-state index in [1.165, 1.54) is 6.21 Å². The Bertz CT molecular complexity index is 2520. The van der Waals surface area contributed by atoms with E-state index in [4.69, 9.17) is 21.2 Å². The van der Waals surface area contributed by atoms with Crippen molar-refractivity contribution < 1.29 is 44.1 Å². The minimum absolute atomic E-state index is 0.117. The van der Waals surface area contributed by atoms with Crippen LogP contribution >= 0.6 is 34.2 Å². The van der Waals surface area contributed by atoms with Crippen molar-refractivity contribution in [2.24, 2.45) is 5.16 Å². The van der Waals surface area contributed by atoms with E-state index in [1.54, 1.807) is 6.07 Å². The number of carbonyl (C=O) groups excluding carboxylic acids is 4. The lowest BCUT2D eigenvalue weighted by Gasteiger charge is -2.36. The number of aromatic hydroxyl groups is 3. The van der Waals surface area contributed by atoms with Crippen LogP contribution in [-0.4, -0.2) is 101 Å². The van der Waals surface area contributed by atoms with Gasteiger partial charge in [0.1, 0.15) is 29.3 Å². The second-order valence-corrected chi connectivity index (χ2v) is 15.3. The molecule has 1 atom stereocenters. The number of hydrogen-bond donors (Lipinski definition) is 4. The lowest BCUT2D eigenvalue weighted by atomic mass is 9.76. The Balaban J connectivity index is 1.01. The van der Waals surface area contributed by atoms with Gasteiger partial charge in [0.2, 0.25) is 5.78 Å². The van der Waals surface area contributed by atoms with Crippen LogP contribution in [0.15, 0.2) is 52.1 Å². The SMILES string of the molecule is COC1=CC(=O)c2c(O)c3c(c(O)c2C1=O)C(=O)[C@]1(CCc2c1c(O)c1c(=O)[nH]c(C=NOCCCN4CCN(c5cccc(Cl)c5)CC4)cc1c2I)C3=O. The number of piperazine rings is 1. The molecular weight excluding hydrogens is 847 g/mol. The molecule has 4 N–H and O–H groups in total. The summed E-state index contributed by atoms with van der Waals surface area (Å²) in [7, 11) is 1.14. The maximum absolute atomic E-state index is 14.3. The summed E-state index contributed by atoms with van der Waals surface area (Å²) in [5, 5.41) is 39.1. The zero-order valence-electron chi connectivity index (χ0n) is 29.2. The van der Waals surface area contributed by atoms with Crippen molar-refractivity contribution in [1.29, 1.82) is 0 Å².